The molecule has 108 valence electrons. The summed E-state index contributed by atoms with van der Waals surface area (Å²) in [4.78, 5) is 23.7. The molecule has 21 heavy (non-hydrogen) atoms. The van der Waals surface area contributed by atoms with Gasteiger partial charge in [-0.2, -0.15) is 5.10 Å². The van der Waals surface area contributed by atoms with Crippen molar-refractivity contribution in [3.8, 4) is 0 Å². The molecule has 0 unspecified atom stereocenters. The summed E-state index contributed by atoms with van der Waals surface area (Å²) >= 11 is 0. The number of benzene rings is 1. The number of carbonyl (C=O) groups excluding carboxylic acids is 2. The third-order valence-electron chi connectivity index (χ3n) is 3.74. The molecule has 1 aromatic carbocycles. The van der Waals surface area contributed by atoms with Gasteiger partial charge in [0.15, 0.2) is 0 Å². The van der Waals surface area contributed by atoms with Crippen molar-refractivity contribution in [3.63, 3.8) is 0 Å². The summed E-state index contributed by atoms with van der Waals surface area (Å²) in [6, 6.07) is 5.25. The molecule has 2 aromatic rings. The van der Waals surface area contributed by atoms with E-state index < -0.39 is 0 Å². The molecule has 0 bridgehead atoms. The smallest absolute Gasteiger partial charge is 0.255 e. The van der Waals surface area contributed by atoms with Crippen LogP contribution in [0.1, 0.15) is 27.3 Å². The highest BCUT2D eigenvalue weighted by Gasteiger charge is 2.20. The lowest BCUT2D eigenvalue weighted by atomic mass is 10.1. The Hall–Kier alpha value is -2.63. The molecule has 0 fully saturated rings. The molecular formula is C15H16N4O2. The molecule has 1 aromatic heterocycles. The molecule has 1 aliphatic rings. The third kappa shape index (κ3) is 2.29. The number of hydrogen-bond donors (Lipinski definition) is 2. The van der Waals surface area contributed by atoms with Gasteiger partial charge in [-0.25, -0.2) is 0 Å². The largest absolute Gasteiger partial charge is 0.326 e. The summed E-state index contributed by atoms with van der Waals surface area (Å²) in [5, 5.41) is 9.90. The van der Waals surface area contributed by atoms with E-state index in [0.29, 0.717) is 17.7 Å². The van der Waals surface area contributed by atoms with Crippen LogP contribution >= 0.6 is 0 Å². The van der Waals surface area contributed by atoms with E-state index in [9.17, 15) is 9.59 Å². The molecule has 2 N–H and O–H groups in total. The van der Waals surface area contributed by atoms with Gasteiger partial charge in [-0.15, -0.1) is 0 Å². The van der Waals surface area contributed by atoms with E-state index in [4.69, 9.17) is 0 Å². The average Bonchev–Trinajstić information content (AvgIpc) is 2.91. The van der Waals surface area contributed by atoms with Gasteiger partial charge < -0.3 is 10.6 Å². The highest BCUT2D eigenvalue weighted by Crippen LogP contribution is 2.25. The van der Waals surface area contributed by atoms with Crippen molar-refractivity contribution < 1.29 is 9.59 Å². The Morgan fingerprint density at radius 3 is 2.81 bits per heavy atom. The summed E-state index contributed by atoms with van der Waals surface area (Å²) in [7, 11) is 1.84. The van der Waals surface area contributed by atoms with Crippen molar-refractivity contribution in [1.29, 1.82) is 0 Å². The second-order valence-electron chi connectivity index (χ2n) is 5.22. The van der Waals surface area contributed by atoms with Crippen LogP contribution in [0, 0.1) is 13.8 Å². The zero-order valence-corrected chi connectivity index (χ0v) is 12.2. The number of aromatic nitrogens is 2. The Bertz CT molecular complexity index is 761. The van der Waals surface area contributed by atoms with Crippen molar-refractivity contribution in [1.82, 2.24) is 9.78 Å². The van der Waals surface area contributed by atoms with Gasteiger partial charge in [-0.3, -0.25) is 14.3 Å². The molecule has 0 spiro atoms. The van der Waals surface area contributed by atoms with E-state index in [0.717, 1.165) is 22.6 Å². The van der Waals surface area contributed by atoms with Gasteiger partial charge in [0, 0.05) is 18.3 Å². The molecule has 0 saturated heterocycles. The SMILES string of the molecule is Cc1nn(C)c(C)c1NC(=O)c1ccc2c(c1)NC(=O)C2. The van der Waals surface area contributed by atoms with E-state index in [2.05, 4.69) is 15.7 Å². The maximum absolute atomic E-state index is 12.3. The van der Waals surface area contributed by atoms with Crippen LogP contribution in [0.2, 0.25) is 0 Å². The third-order valence-corrected chi connectivity index (χ3v) is 3.74. The summed E-state index contributed by atoms with van der Waals surface area (Å²) in [6.45, 7) is 3.75. The molecule has 2 amide bonds. The Morgan fingerprint density at radius 1 is 1.38 bits per heavy atom. The lowest BCUT2D eigenvalue weighted by molar-refractivity contribution is -0.115. The second kappa shape index (κ2) is 4.73. The zero-order valence-electron chi connectivity index (χ0n) is 12.2. The number of rotatable bonds is 2. The first kappa shape index (κ1) is 13.4. The predicted molar refractivity (Wildman–Crippen MR) is 79.4 cm³/mol. The van der Waals surface area contributed by atoms with E-state index >= 15 is 0 Å². The average molecular weight is 284 g/mol. The van der Waals surface area contributed by atoms with Crippen molar-refractivity contribution in [2.24, 2.45) is 7.05 Å². The van der Waals surface area contributed by atoms with Gasteiger partial charge in [0.1, 0.15) is 0 Å². The summed E-state index contributed by atoms with van der Waals surface area (Å²) in [5.41, 5.74) is 4.55. The molecule has 3 rings (SSSR count). The lowest BCUT2D eigenvalue weighted by Gasteiger charge is -2.07. The quantitative estimate of drug-likeness (QED) is 0.882. The van der Waals surface area contributed by atoms with E-state index in [1.54, 1.807) is 16.8 Å². The van der Waals surface area contributed by atoms with Crippen LogP contribution in [-0.4, -0.2) is 21.6 Å². The van der Waals surface area contributed by atoms with E-state index in [-0.39, 0.29) is 11.8 Å². The number of aryl methyl sites for hydroxylation is 2. The molecule has 0 radical (unpaired) electrons. The van der Waals surface area contributed by atoms with Crippen molar-refractivity contribution in [3.05, 3.63) is 40.7 Å². The highest BCUT2D eigenvalue weighted by molar-refractivity contribution is 6.07. The van der Waals surface area contributed by atoms with Crippen LogP contribution in [0.25, 0.3) is 0 Å². The van der Waals surface area contributed by atoms with Gasteiger partial charge in [0.05, 0.1) is 23.5 Å². The first-order valence-electron chi connectivity index (χ1n) is 6.70. The number of amides is 2. The predicted octanol–water partition coefficient (Wildman–Crippen LogP) is 1.78. The standard InChI is InChI=1S/C15H16N4O2/c1-8-14(9(2)19(3)18-8)17-15(21)11-5-4-10-7-13(20)16-12(10)6-11/h4-6H,7H2,1-3H3,(H,16,20)(H,17,21). The molecule has 0 aliphatic carbocycles. The topological polar surface area (TPSA) is 76.0 Å². The minimum Gasteiger partial charge on any atom is -0.326 e. The number of fused-ring (bicyclic) bond motifs is 1. The number of hydrogen-bond acceptors (Lipinski definition) is 3. The highest BCUT2D eigenvalue weighted by atomic mass is 16.2. The van der Waals surface area contributed by atoms with E-state index in [1.165, 1.54) is 0 Å². The van der Waals surface area contributed by atoms with E-state index in [1.807, 2.05) is 27.0 Å². The van der Waals surface area contributed by atoms with Crippen LogP contribution in [0.4, 0.5) is 11.4 Å². The Labute approximate surface area is 122 Å². The molecular weight excluding hydrogens is 268 g/mol. The maximum atomic E-state index is 12.3. The molecule has 6 nitrogen and oxygen atoms in total. The molecule has 0 saturated carbocycles. The van der Waals surface area contributed by atoms with Gasteiger partial charge in [0.25, 0.3) is 5.91 Å². The van der Waals surface area contributed by atoms with Gasteiger partial charge >= 0.3 is 0 Å². The van der Waals surface area contributed by atoms with Crippen molar-refractivity contribution >= 4 is 23.2 Å². The minimum absolute atomic E-state index is 0.0403. The Balaban J connectivity index is 1.86. The molecule has 0 atom stereocenters. The molecule has 6 heteroatoms. The first-order chi connectivity index (χ1) is 9.95. The fourth-order valence-corrected chi connectivity index (χ4v) is 2.50. The zero-order chi connectivity index (χ0) is 15.1. The van der Waals surface area contributed by atoms with Gasteiger partial charge in [-0.05, 0) is 31.5 Å². The first-order valence-corrected chi connectivity index (χ1v) is 6.70. The number of anilines is 2. The van der Waals surface area contributed by atoms with Crippen LogP contribution in [0.5, 0.6) is 0 Å². The number of nitrogens with one attached hydrogen (secondary N) is 2. The van der Waals surface area contributed by atoms with Crippen LogP contribution in [-0.2, 0) is 18.3 Å². The van der Waals surface area contributed by atoms with Crippen molar-refractivity contribution in [2.75, 3.05) is 10.6 Å². The maximum Gasteiger partial charge on any atom is 0.255 e. The second-order valence-corrected chi connectivity index (χ2v) is 5.22. The van der Waals surface area contributed by atoms with Gasteiger partial charge in [-0.1, -0.05) is 6.07 Å². The Morgan fingerprint density at radius 2 is 2.14 bits per heavy atom. The van der Waals surface area contributed by atoms with Crippen LogP contribution in [0.15, 0.2) is 18.2 Å². The Kier molecular flexibility index (Phi) is 3.01. The molecule has 2 heterocycles. The molecule has 1 aliphatic heterocycles. The number of carbonyl (C=O) groups is 2. The monoisotopic (exact) mass is 284 g/mol. The number of nitrogens with zero attached hydrogens (tertiary/aromatic N) is 2. The van der Waals surface area contributed by atoms with Crippen LogP contribution in [0.3, 0.4) is 0 Å². The van der Waals surface area contributed by atoms with Crippen molar-refractivity contribution in [2.45, 2.75) is 20.3 Å². The summed E-state index contributed by atoms with van der Waals surface area (Å²) in [6.07, 6.45) is 0.373. The lowest BCUT2D eigenvalue weighted by Crippen LogP contribution is -2.13. The fraction of sp³-hybridized carbons (Fsp3) is 0.267. The summed E-state index contributed by atoms with van der Waals surface area (Å²) in [5.74, 6) is -0.250. The summed E-state index contributed by atoms with van der Waals surface area (Å²) < 4.78 is 1.73. The van der Waals surface area contributed by atoms with Crippen LogP contribution < -0.4 is 10.6 Å². The minimum atomic E-state index is -0.210. The van der Waals surface area contributed by atoms with Gasteiger partial charge in [0.2, 0.25) is 5.91 Å². The normalized spacial score (nSPS) is 13.0. The fourth-order valence-electron chi connectivity index (χ4n) is 2.50.